The van der Waals surface area contributed by atoms with Gasteiger partial charge < -0.3 is 42.7 Å². The van der Waals surface area contributed by atoms with Gasteiger partial charge in [0.15, 0.2) is 0 Å². The fourth-order valence-corrected chi connectivity index (χ4v) is 3.05. The van der Waals surface area contributed by atoms with Gasteiger partial charge in [0.05, 0.1) is 12.6 Å². The van der Waals surface area contributed by atoms with Gasteiger partial charge in [-0.25, -0.2) is 4.79 Å². The molecule has 35 heavy (non-hydrogen) atoms. The third-order valence-electron chi connectivity index (χ3n) is 5.02. The van der Waals surface area contributed by atoms with Crippen LogP contribution in [0.4, 0.5) is 0 Å². The van der Waals surface area contributed by atoms with Crippen molar-refractivity contribution >= 4 is 29.7 Å². The summed E-state index contributed by atoms with van der Waals surface area (Å²) in [6, 6.07) is 2.40. The molecule has 0 radical (unpaired) electrons. The summed E-state index contributed by atoms with van der Waals surface area (Å²) >= 11 is 0. The predicted molar refractivity (Wildman–Crippen MR) is 124 cm³/mol. The molecule has 0 saturated heterocycles. The van der Waals surface area contributed by atoms with Crippen LogP contribution in [0.3, 0.4) is 0 Å². The number of carboxylic acid groups (broad SMARTS) is 2. The Balaban J connectivity index is 2.67. The van der Waals surface area contributed by atoms with Crippen LogP contribution in [-0.4, -0.2) is 76.2 Å². The first kappa shape index (κ1) is 29.3. The van der Waals surface area contributed by atoms with Crippen molar-refractivity contribution in [2.75, 3.05) is 13.1 Å². The van der Waals surface area contributed by atoms with Gasteiger partial charge >= 0.3 is 11.9 Å². The largest absolute Gasteiger partial charge is 0.508 e. The highest BCUT2D eigenvalue weighted by molar-refractivity contribution is 5.92. The maximum absolute atomic E-state index is 12.6. The van der Waals surface area contributed by atoms with Crippen molar-refractivity contribution in [2.24, 2.45) is 11.5 Å². The molecule has 3 atom stereocenters. The lowest BCUT2D eigenvalue weighted by Gasteiger charge is -2.21. The number of aromatic hydroxyl groups is 1. The summed E-state index contributed by atoms with van der Waals surface area (Å²) < 4.78 is 0. The number of carboxylic acids is 2. The molecule has 13 heteroatoms. The second-order valence-corrected chi connectivity index (χ2v) is 7.93. The zero-order valence-corrected chi connectivity index (χ0v) is 19.2. The number of nitrogens with two attached hydrogens (primary N) is 2. The number of aliphatic carboxylic acids is 2. The SMILES string of the molecule is NCCCCC(NC(=O)C(N)CCC(=O)O)C(=O)NCC(=O)NC(Cc1ccc(O)cc1)C(=O)O. The molecule has 0 saturated carbocycles. The minimum atomic E-state index is -1.28. The first-order valence-electron chi connectivity index (χ1n) is 11.1. The molecule has 0 fully saturated rings. The smallest absolute Gasteiger partial charge is 0.326 e. The van der Waals surface area contributed by atoms with Gasteiger partial charge in [0.25, 0.3) is 0 Å². The Morgan fingerprint density at radius 3 is 2.11 bits per heavy atom. The first-order valence-corrected chi connectivity index (χ1v) is 11.1. The lowest BCUT2D eigenvalue weighted by molar-refractivity contribution is -0.141. The van der Waals surface area contributed by atoms with E-state index in [0.29, 0.717) is 24.9 Å². The van der Waals surface area contributed by atoms with Gasteiger partial charge in [0.1, 0.15) is 17.8 Å². The van der Waals surface area contributed by atoms with Crippen molar-refractivity contribution in [2.45, 2.75) is 56.7 Å². The topological polar surface area (TPSA) is 234 Å². The van der Waals surface area contributed by atoms with Gasteiger partial charge in [0, 0.05) is 12.8 Å². The lowest BCUT2D eigenvalue weighted by atomic mass is 10.1. The zero-order valence-electron chi connectivity index (χ0n) is 19.2. The molecule has 1 aromatic carbocycles. The minimum absolute atomic E-state index is 0.0170. The van der Waals surface area contributed by atoms with Crippen LogP contribution in [0.5, 0.6) is 5.75 Å². The average Bonchev–Trinajstić information content (AvgIpc) is 2.81. The summed E-state index contributed by atoms with van der Waals surface area (Å²) in [6.45, 7) is -0.160. The molecule has 10 N–H and O–H groups in total. The van der Waals surface area contributed by atoms with Crippen molar-refractivity contribution in [3.63, 3.8) is 0 Å². The predicted octanol–water partition coefficient (Wildman–Crippen LogP) is -1.57. The summed E-state index contributed by atoms with van der Waals surface area (Å²) in [6.07, 6.45) is 0.829. The van der Waals surface area contributed by atoms with Crippen molar-refractivity contribution in [1.29, 1.82) is 0 Å². The number of phenols is 1. The van der Waals surface area contributed by atoms with Gasteiger partial charge in [-0.05, 0) is 49.9 Å². The van der Waals surface area contributed by atoms with Crippen LogP contribution in [0.1, 0.15) is 37.7 Å². The molecule has 0 aliphatic carbocycles. The number of nitrogens with one attached hydrogen (secondary N) is 3. The Hall–Kier alpha value is -3.71. The van der Waals surface area contributed by atoms with Crippen LogP contribution in [0.25, 0.3) is 0 Å². The van der Waals surface area contributed by atoms with Crippen molar-refractivity contribution in [3.8, 4) is 5.75 Å². The molecule has 13 nitrogen and oxygen atoms in total. The number of rotatable bonds is 16. The molecule has 0 aliphatic heterocycles. The Morgan fingerprint density at radius 1 is 0.886 bits per heavy atom. The van der Waals surface area contributed by atoms with Gasteiger partial charge in [-0.1, -0.05) is 12.1 Å². The van der Waals surface area contributed by atoms with E-state index in [-0.39, 0.29) is 31.4 Å². The van der Waals surface area contributed by atoms with E-state index in [1.165, 1.54) is 24.3 Å². The van der Waals surface area contributed by atoms with Crippen molar-refractivity contribution < 1.29 is 39.3 Å². The standard InChI is InChI=1S/C22H33N5O8/c23-10-2-1-3-16(27-20(32)15(24)8-9-19(30)31)21(33)25-12-18(29)26-17(22(34)35)11-13-4-6-14(28)7-5-13/h4-7,15-17,28H,1-3,8-12,23-24H2,(H,25,33)(H,26,29)(H,27,32)(H,30,31)(H,34,35). The van der Waals surface area contributed by atoms with E-state index >= 15 is 0 Å². The molecule has 0 bridgehead atoms. The maximum Gasteiger partial charge on any atom is 0.326 e. The number of benzene rings is 1. The van der Waals surface area contributed by atoms with E-state index in [9.17, 15) is 34.2 Å². The van der Waals surface area contributed by atoms with Gasteiger partial charge in [-0.15, -0.1) is 0 Å². The maximum atomic E-state index is 12.6. The fraction of sp³-hybridized carbons (Fsp3) is 0.500. The molecule has 0 aliphatic rings. The second-order valence-electron chi connectivity index (χ2n) is 7.93. The molecular formula is C22H33N5O8. The first-order chi connectivity index (χ1) is 16.5. The number of amides is 3. The van der Waals surface area contributed by atoms with Gasteiger partial charge in [0.2, 0.25) is 17.7 Å². The summed E-state index contributed by atoms with van der Waals surface area (Å²) in [5.41, 5.74) is 11.7. The van der Waals surface area contributed by atoms with E-state index in [1.54, 1.807) is 0 Å². The number of hydrogen-bond donors (Lipinski definition) is 8. The number of unbranched alkanes of at least 4 members (excludes halogenated alkanes) is 1. The quantitative estimate of drug-likeness (QED) is 0.123. The van der Waals surface area contributed by atoms with E-state index in [1.807, 2.05) is 0 Å². The highest BCUT2D eigenvalue weighted by atomic mass is 16.4. The van der Waals surface area contributed by atoms with E-state index in [0.717, 1.165) is 0 Å². The third kappa shape index (κ3) is 11.8. The monoisotopic (exact) mass is 495 g/mol. The summed E-state index contributed by atoms with van der Waals surface area (Å²) in [7, 11) is 0. The van der Waals surface area contributed by atoms with Crippen LogP contribution in [0.15, 0.2) is 24.3 Å². The van der Waals surface area contributed by atoms with E-state index in [4.69, 9.17) is 16.6 Å². The summed E-state index contributed by atoms with van der Waals surface area (Å²) in [4.78, 5) is 59.3. The average molecular weight is 496 g/mol. The summed E-state index contributed by atoms with van der Waals surface area (Å²) in [5.74, 6) is -4.51. The van der Waals surface area contributed by atoms with Crippen molar-refractivity contribution in [3.05, 3.63) is 29.8 Å². The van der Waals surface area contributed by atoms with Crippen LogP contribution in [0, 0.1) is 0 Å². The molecule has 3 unspecified atom stereocenters. The fourth-order valence-electron chi connectivity index (χ4n) is 3.05. The molecule has 194 valence electrons. The van der Waals surface area contributed by atoms with Crippen LogP contribution < -0.4 is 27.4 Å². The zero-order chi connectivity index (χ0) is 26.4. The Kier molecular flexibility index (Phi) is 12.8. The van der Waals surface area contributed by atoms with Crippen LogP contribution in [0.2, 0.25) is 0 Å². The minimum Gasteiger partial charge on any atom is -0.508 e. The lowest BCUT2D eigenvalue weighted by Crippen LogP contribution is -2.53. The van der Waals surface area contributed by atoms with Gasteiger partial charge in [-0.2, -0.15) is 0 Å². The summed E-state index contributed by atoms with van der Waals surface area (Å²) in [5, 5.41) is 34.6. The molecule has 1 aromatic rings. The Morgan fingerprint density at radius 2 is 1.54 bits per heavy atom. The highest BCUT2D eigenvalue weighted by Crippen LogP contribution is 2.11. The van der Waals surface area contributed by atoms with Crippen LogP contribution >= 0.6 is 0 Å². The number of carbonyl (C=O) groups is 5. The van der Waals surface area contributed by atoms with Gasteiger partial charge in [-0.3, -0.25) is 19.2 Å². The number of carbonyl (C=O) groups excluding carboxylic acids is 3. The van der Waals surface area contributed by atoms with E-state index in [2.05, 4.69) is 16.0 Å². The normalized spacial score (nSPS) is 13.2. The molecule has 0 spiro atoms. The molecule has 1 rings (SSSR count). The molecular weight excluding hydrogens is 462 g/mol. The Bertz CT molecular complexity index is 877. The van der Waals surface area contributed by atoms with Crippen molar-refractivity contribution in [1.82, 2.24) is 16.0 Å². The molecule has 3 amide bonds. The molecule has 0 aromatic heterocycles. The molecule has 0 heterocycles. The number of phenolic OH excluding ortho intramolecular Hbond substituents is 1. The Labute approximate surface area is 202 Å². The van der Waals surface area contributed by atoms with Crippen LogP contribution in [-0.2, 0) is 30.4 Å². The second kappa shape index (κ2) is 15.2. The highest BCUT2D eigenvalue weighted by Gasteiger charge is 2.25. The van der Waals surface area contributed by atoms with E-state index < -0.39 is 54.3 Å². The number of hydrogen-bond acceptors (Lipinski definition) is 8. The third-order valence-corrected chi connectivity index (χ3v) is 5.02.